The molecule has 0 N–H and O–H groups in total. The van der Waals surface area contributed by atoms with Gasteiger partial charge in [0.2, 0.25) is 0 Å². The van der Waals surface area contributed by atoms with Gasteiger partial charge in [-0.25, -0.2) is 0 Å². The highest BCUT2D eigenvalue weighted by Crippen LogP contribution is 2.31. The van der Waals surface area contributed by atoms with E-state index < -0.39 is 11.1 Å². The van der Waals surface area contributed by atoms with Crippen LogP contribution in [0.4, 0.5) is 0 Å². The Labute approximate surface area is 105 Å². The number of benzene rings is 1. The molecule has 3 heteroatoms. The minimum Gasteiger partial charge on any atom is -0.768 e. The van der Waals surface area contributed by atoms with Gasteiger partial charge in [-0.05, 0) is 53.5 Å². The molecule has 0 fully saturated rings. The summed E-state index contributed by atoms with van der Waals surface area (Å²) < 4.78 is 22.4. The van der Waals surface area contributed by atoms with E-state index in [1.165, 1.54) is 5.57 Å². The summed E-state index contributed by atoms with van der Waals surface area (Å²) in [5.74, 6) is 0.542. The lowest BCUT2D eigenvalue weighted by Crippen LogP contribution is -2.01. The molecule has 1 aromatic carbocycles. The van der Waals surface area contributed by atoms with Crippen molar-refractivity contribution in [3.05, 3.63) is 34.9 Å². The second kappa shape index (κ2) is 5.15. The third-order valence-electron chi connectivity index (χ3n) is 3.56. The molecule has 1 aliphatic carbocycles. The van der Waals surface area contributed by atoms with Crippen LogP contribution >= 0.6 is 0 Å². The Kier molecular flexibility index (Phi) is 3.79. The van der Waals surface area contributed by atoms with Gasteiger partial charge in [-0.3, -0.25) is 4.21 Å². The van der Waals surface area contributed by atoms with Crippen molar-refractivity contribution in [1.82, 2.24) is 0 Å². The molecule has 0 spiro atoms. The van der Waals surface area contributed by atoms with Crippen LogP contribution < -0.4 is 0 Å². The Morgan fingerprint density at radius 2 is 2.24 bits per heavy atom. The van der Waals surface area contributed by atoms with Gasteiger partial charge in [0, 0.05) is 4.90 Å². The molecule has 2 atom stereocenters. The third-order valence-corrected chi connectivity index (χ3v) is 4.30. The van der Waals surface area contributed by atoms with E-state index in [-0.39, 0.29) is 0 Å². The SMILES string of the molecule is CCC1=Cc2cccc(S(=O)[O-])c2CCC1C. The molecule has 2 rings (SSSR count). The maximum atomic E-state index is 11.2. The maximum Gasteiger partial charge on any atom is 0.0286 e. The van der Waals surface area contributed by atoms with Gasteiger partial charge in [0.25, 0.3) is 0 Å². The van der Waals surface area contributed by atoms with E-state index in [1.807, 2.05) is 12.1 Å². The molecule has 2 nitrogen and oxygen atoms in total. The minimum absolute atomic E-state index is 0.461. The van der Waals surface area contributed by atoms with Crippen molar-refractivity contribution >= 4 is 17.2 Å². The molecule has 0 heterocycles. The van der Waals surface area contributed by atoms with E-state index in [9.17, 15) is 8.76 Å². The number of rotatable bonds is 2. The summed E-state index contributed by atoms with van der Waals surface area (Å²) >= 11 is -2.13. The van der Waals surface area contributed by atoms with Gasteiger partial charge in [-0.15, -0.1) is 0 Å². The van der Waals surface area contributed by atoms with Crippen LogP contribution in [0.15, 0.2) is 28.7 Å². The summed E-state index contributed by atoms with van der Waals surface area (Å²) in [7, 11) is 0. The van der Waals surface area contributed by atoms with Gasteiger partial charge in [0.05, 0.1) is 0 Å². The van der Waals surface area contributed by atoms with Gasteiger partial charge < -0.3 is 4.55 Å². The molecular formula is C14H17O2S-. The Hall–Kier alpha value is -0.930. The van der Waals surface area contributed by atoms with Crippen LogP contribution in [-0.2, 0) is 17.5 Å². The quantitative estimate of drug-likeness (QED) is 0.754. The first-order valence-corrected chi connectivity index (χ1v) is 7.12. The van der Waals surface area contributed by atoms with Crippen LogP contribution in [0.25, 0.3) is 6.08 Å². The van der Waals surface area contributed by atoms with Gasteiger partial charge >= 0.3 is 0 Å². The number of fused-ring (bicyclic) bond motifs is 1. The molecule has 17 heavy (non-hydrogen) atoms. The largest absolute Gasteiger partial charge is 0.768 e. The summed E-state index contributed by atoms with van der Waals surface area (Å²) in [5, 5.41) is 0. The van der Waals surface area contributed by atoms with E-state index in [0.717, 1.165) is 30.4 Å². The summed E-state index contributed by atoms with van der Waals surface area (Å²) in [4.78, 5) is 0.461. The maximum absolute atomic E-state index is 11.2. The highest BCUT2D eigenvalue weighted by atomic mass is 32.2. The highest BCUT2D eigenvalue weighted by molar-refractivity contribution is 7.79. The summed E-state index contributed by atoms with van der Waals surface area (Å²) in [6.07, 6.45) is 5.08. The van der Waals surface area contributed by atoms with Crippen molar-refractivity contribution in [3.63, 3.8) is 0 Å². The molecule has 0 amide bonds. The van der Waals surface area contributed by atoms with Crippen molar-refractivity contribution in [2.75, 3.05) is 0 Å². The standard InChI is InChI=1S/C14H18O2S/c1-3-11-9-12-5-4-6-14(17(15)16)13(12)8-7-10(11)2/h4-6,9-10H,3,7-8H2,1-2H3,(H,15,16)/p-1. The molecule has 0 bridgehead atoms. The first kappa shape index (κ1) is 12.5. The van der Waals surface area contributed by atoms with Crippen LogP contribution in [0.1, 0.15) is 37.8 Å². The molecule has 0 radical (unpaired) electrons. The number of hydrogen-bond acceptors (Lipinski definition) is 2. The Bertz CT molecular complexity index is 477. The fourth-order valence-electron chi connectivity index (χ4n) is 2.48. The van der Waals surface area contributed by atoms with Gasteiger partial charge in [0.15, 0.2) is 0 Å². The van der Waals surface area contributed by atoms with Crippen molar-refractivity contribution in [2.45, 2.75) is 38.0 Å². The van der Waals surface area contributed by atoms with Crippen molar-refractivity contribution in [2.24, 2.45) is 5.92 Å². The lowest BCUT2D eigenvalue weighted by Gasteiger charge is -2.13. The zero-order valence-electron chi connectivity index (χ0n) is 10.2. The van der Waals surface area contributed by atoms with Gasteiger partial charge in [-0.1, -0.05) is 37.6 Å². The highest BCUT2D eigenvalue weighted by Gasteiger charge is 2.16. The molecule has 92 valence electrons. The average Bonchev–Trinajstić information content (AvgIpc) is 2.48. The molecule has 0 aliphatic heterocycles. The lowest BCUT2D eigenvalue weighted by molar-refractivity contribution is 0.534. The molecule has 0 saturated carbocycles. The van der Waals surface area contributed by atoms with Crippen molar-refractivity contribution in [1.29, 1.82) is 0 Å². The summed E-state index contributed by atoms with van der Waals surface area (Å²) in [6.45, 7) is 4.37. The second-order valence-corrected chi connectivity index (χ2v) is 5.48. The van der Waals surface area contributed by atoms with E-state index in [0.29, 0.717) is 10.8 Å². The molecule has 0 saturated heterocycles. The fourth-order valence-corrected chi connectivity index (χ4v) is 3.09. The van der Waals surface area contributed by atoms with Gasteiger partial charge in [0.1, 0.15) is 0 Å². The van der Waals surface area contributed by atoms with E-state index in [2.05, 4.69) is 19.9 Å². The zero-order chi connectivity index (χ0) is 12.4. The fraction of sp³-hybridized carbons (Fsp3) is 0.429. The molecule has 2 unspecified atom stereocenters. The topological polar surface area (TPSA) is 40.1 Å². The third kappa shape index (κ3) is 2.50. The first-order valence-electron chi connectivity index (χ1n) is 6.05. The monoisotopic (exact) mass is 249 g/mol. The van der Waals surface area contributed by atoms with Crippen LogP contribution in [0.2, 0.25) is 0 Å². The Morgan fingerprint density at radius 1 is 1.47 bits per heavy atom. The predicted molar refractivity (Wildman–Crippen MR) is 69.4 cm³/mol. The predicted octanol–water partition coefficient (Wildman–Crippen LogP) is 3.30. The van der Waals surface area contributed by atoms with E-state index >= 15 is 0 Å². The van der Waals surface area contributed by atoms with Crippen LogP contribution in [0.3, 0.4) is 0 Å². The van der Waals surface area contributed by atoms with Crippen LogP contribution in [0.5, 0.6) is 0 Å². The minimum atomic E-state index is -2.13. The Morgan fingerprint density at radius 3 is 2.88 bits per heavy atom. The average molecular weight is 249 g/mol. The van der Waals surface area contributed by atoms with Crippen molar-refractivity contribution < 1.29 is 8.76 Å². The molecule has 0 aromatic heterocycles. The molecular weight excluding hydrogens is 232 g/mol. The number of hydrogen-bond donors (Lipinski definition) is 0. The van der Waals surface area contributed by atoms with E-state index in [4.69, 9.17) is 0 Å². The van der Waals surface area contributed by atoms with Crippen LogP contribution in [0, 0.1) is 5.92 Å². The van der Waals surface area contributed by atoms with E-state index in [1.54, 1.807) is 6.07 Å². The Balaban J connectivity index is 2.54. The lowest BCUT2D eigenvalue weighted by atomic mass is 9.95. The molecule has 1 aromatic rings. The zero-order valence-corrected chi connectivity index (χ0v) is 11.0. The normalized spacial score (nSPS) is 21.4. The summed E-state index contributed by atoms with van der Waals surface area (Å²) in [5.41, 5.74) is 3.47. The van der Waals surface area contributed by atoms with Gasteiger partial charge in [-0.2, -0.15) is 0 Å². The van der Waals surface area contributed by atoms with Crippen molar-refractivity contribution in [3.8, 4) is 0 Å². The smallest absolute Gasteiger partial charge is 0.0286 e. The second-order valence-electron chi connectivity index (χ2n) is 4.57. The number of allylic oxidation sites excluding steroid dienone is 1. The first-order chi connectivity index (χ1) is 8.13. The molecule has 1 aliphatic rings. The summed E-state index contributed by atoms with van der Waals surface area (Å²) in [6, 6.07) is 5.53. The van der Waals surface area contributed by atoms with Crippen LogP contribution in [-0.4, -0.2) is 8.76 Å².